The van der Waals surface area contributed by atoms with E-state index in [4.69, 9.17) is 4.74 Å². The highest BCUT2D eigenvalue weighted by atomic mass is 16.5. The van der Waals surface area contributed by atoms with Crippen molar-refractivity contribution >= 4 is 29.4 Å². The first-order chi connectivity index (χ1) is 38.4. The van der Waals surface area contributed by atoms with E-state index in [2.05, 4.69) is 137 Å². The Balaban J connectivity index is -0.000000896. The molecule has 4 saturated heterocycles. The molecule has 4 amide bonds. The van der Waals surface area contributed by atoms with Crippen molar-refractivity contribution in [1.82, 2.24) is 49.1 Å². The number of morpholine rings is 1. The van der Waals surface area contributed by atoms with Gasteiger partial charge in [0.25, 0.3) is 0 Å². The molecular formula is C67H128N10O6. The van der Waals surface area contributed by atoms with Crippen LogP contribution in [0, 0.1) is 65.1 Å². The second-order valence-electron chi connectivity index (χ2n) is 26.3. The number of rotatable bonds is 15. The largest absolute Gasteiger partial charge is 0.379 e. The number of nitrogens with zero attached hydrogens (tertiary/aromatic N) is 10. The minimum absolute atomic E-state index is 0.108. The third-order valence-corrected chi connectivity index (χ3v) is 13.3. The Kier molecular flexibility index (Phi) is 47.0. The predicted molar refractivity (Wildman–Crippen MR) is 350 cm³/mol. The Hall–Kier alpha value is -4.24. The lowest BCUT2D eigenvalue weighted by molar-refractivity contribution is -0.141. The lowest BCUT2D eigenvalue weighted by atomic mass is 9.98. The summed E-state index contributed by atoms with van der Waals surface area (Å²) in [4.78, 5) is 78.7. The van der Waals surface area contributed by atoms with Gasteiger partial charge >= 0.3 is 0 Å². The van der Waals surface area contributed by atoms with Crippen molar-refractivity contribution in [2.75, 3.05) is 155 Å². The molecule has 0 radical (unpaired) electrons. The Morgan fingerprint density at radius 2 is 1.14 bits per heavy atom. The molecule has 482 valence electrons. The minimum Gasteiger partial charge on any atom is -0.379 e. The van der Waals surface area contributed by atoms with Gasteiger partial charge in [0.2, 0.25) is 23.6 Å². The first-order valence-corrected chi connectivity index (χ1v) is 31.1. The van der Waals surface area contributed by atoms with Gasteiger partial charge in [0, 0.05) is 158 Å². The number of ketones is 1. The molecule has 4 aliphatic heterocycles. The fraction of sp³-hybridized carbons (Fsp3) is 0.791. The molecule has 4 fully saturated rings. The smallest absolute Gasteiger partial charge is 0.225 e. The van der Waals surface area contributed by atoms with Crippen LogP contribution in [0.2, 0.25) is 0 Å². The summed E-state index contributed by atoms with van der Waals surface area (Å²) in [5.74, 6) is 10.8. The molecule has 0 saturated carbocycles. The van der Waals surface area contributed by atoms with Crippen molar-refractivity contribution < 1.29 is 28.7 Å². The van der Waals surface area contributed by atoms with Crippen LogP contribution in [0.5, 0.6) is 0 Å². The summed E-state index contributed by atoms with van der Waals surface area (Å²) in [6, 6.07) is 4.86. The third-order valence-electron chi connectivity index (χ3n) is 13.3. The number of allylic oxidation sites excluding steroid dienone is 1. The predicted octanol–water partition coefficient (Wildman–Crippen LogP) is 9.06. The van der Waals surface area contributed by atoms with E-state index in [1.54, 1.807) is 24.2 Å². The molecule has 4 aliphatic rings. The maximum Gasteiger partial charge on any atom is 0.225 e. The lowest BCUT2D eigenvalue weighted by Crippen LogP contribution is -2.60. The molecule has 16 nitrogen and oxygen atoms in total. The SMILES string of the molecule is CC(=O)C(C)C.CC(C)/C=C/CN1CCOCC1.CC(C)C.CC(C)C#Cc1cccnc1.CC(C)C(=O)N(C)C1CCN(C)C1.CC(C)C(=O)N(C)CCN(C)C.CC(C)C(=O)N1CC(CN(C)C)C1.CC(C)C(=O)N1CC(N(C)C)C1. The van der Waals surface area contributed by atoms with E-state index in [1.807, 2.05) is 124 Å². The second-order valence-corrected chi connectivity index (χ2v) is 26.3. The van der Waals surface area contributed by atoms with Gasteiger partial charge in [-0.25, -0.2) is 0 Å². The highest BCUT2D eigenvalue weighted by molar-refractivity contribution is 5.80. The molecule has 5 heterocycles. The van der Waals surface area contributed by atoms with E-state index < -0.39 is 0 Å². The van der Waals surface area contributed by atoms with Gasteiger partial charge in [-0.05, 0) is 93.2 Å². The highest BCUT2D eigenvalue weighted by Crippen LogP contribution is 2.19. The molecule has 1 aromatic rings. The summed E-state index contributed by atoms with van der Waals surface area (Å²) < 4.78 is 5.26. The van der Waals surface area contributed by atoms with Gasteiger partial charge in [-0.1, -0.05) is 142 Å². The molecule has 83 heavy (non-hydrogen) atoms. The quantitative estimate of drug-likeness (QED) is 0.122. The van der Waals surface area contributed by atoms with Crippen LogP contribution in [0.15, 0.2) is 36.7 Å². The van der Waals surface area contributed by atoms with Crippen LogP contribution in [0.3, 0.4) is 0 Å². The number of hydrogen-bond acceptors (Lipinski definition) is 12. The van der Waals surface area contributed by atoms with Crippen LogP contribution in [0.1, 0.15) is 137 Å². The molecule has 1 aromatic heterocycles. The van der Waals surface area contributed by atoms with Gasteiger partial charge < -0.3 is 43.9 Å². The first kappa shape index (κ1) is 83.0. The molecule has 1 unspecified atom stereocenters. The Morgan fingerprint density at radius 3 is 1.51 bits per heavy atom. The average molecular weight is 1170 g/mol. The van der Waals surface area contributed by atoms with Crippen LogP contribution in [-0.4, -0.2) is 246 Å². The molecule has 1 atom stereocenters. The number of ether oxygens (including phenoxy) is 1. The summed E-state index contributed by atoms with van der Waals surface area (Å²) in [5, 5.41) is 0. The maximum atomic E-state index is 11.6. The van der Waals surface area contributed by atoms with Gasteiger partial charge in [-0.3, -0.25) is 33.9 Å². The van der Waals surface area contributed by atoms with Crippen molar-refractivity contribution in [3.05, 3.63) is 42.2 Å². The molecule has 0 aromatic carbocycles. The Morgan fingerprint density at radius 1 is 0.651 bits per heavy atom. The normalized spacial score (nSPS) is 16.2. The number of carbonyl (C=O) groups excluding carboxylic acids is 5. The van der Waals surface area contributed by atoms with E-state index in [0.717, 1.165) is 110 Å². The fourth-order valence-corrected chi connectivity index (χ4v) is 7.72. The number of likely N-dealkylation sites (N-methyl/N-ethyl adjacent to an activating group) is 5. The Bertz CT molecular complexity index is 1920. The standard InChI is InChI=1S/2C10H20N2O.C10H19NO.C10H11N.C9H18N2O.C9H20N2O.C5H10O.C4H10/c1-8(2)10(13)12-6-9(7-12)5-11(3)4;1-8(2)10(13)12(4)9-5-6-11(3)7-9;1-10(2)4-3-5-11-6-8-12-9-7-11;1-9(2)5-6-10-4-3-7-11-8-10;1-7(2)9(12)11-5-8(6-11)10(3)4;1-8(2)9(12)11(5)7-6-10(3)4;1-4(2)5(3)6;1-4(2)3/h2*8-9H,5-7H2,1-4H3;3-4,10H,5-9H2,1-2H3;3-4,7-9H,1-2H3;7-8H,5-6H2,1-4H3;8H,6-7H2,1-5H3;4H,1-3H3;4H,1-3H3/b;;4-3+;;;;;. The number of aromatic nitrogens is 1. The average Bonchev–Trinajstić information content (AvgIpc) is 3.85. The molecule has 16 heteroatoms. The topological polar surface area (TPSA) is 137 Å². The molecular weight excluding hydrogens is 1040 g/mol. The number of likely N-dealkylation sites (tertiary alicyclic amines) is 3. The van der Waals surface area contributed by atoms with Crippen molar-refractivity contribution in [3.63, 3.8) is 0 Å². The van der Waals surface area contributed by atoms with Gasteiger partial charge in [0.05, 0.1) is 13.2 Å². The van der Waals surface area contributed by atoms with Crippen LogP contribution in [0.25, 0.3) is 0 Å². The third kappa shape index (κ3) is 44.0. The summed E-state index contributed by atoms with van der Waals surface area (Å²) >= 11 is 0. The van der Waals surface area contributed by atoms with Gasteiger partial charge in [-0.2, -0.15) is 0 Å². The van der Waals surface area contributed by atoms with Crippen molar-refractivity contribution in [2.45, 2.75) is 143 Å². The number of hydrogen-bond donors (Lipinski definition) is 0. The van der Waals surface area contributed by atoms with E-state index in [0.29, 0.717) is 35.7 Å². The van der Waals surface area contributed by atoms with E-state index in [1.165, 1.54) is 0 Å². The number of Topliss-reactive ketones (excluding diaryl/α,β-unsaturated/α-hetero) is 1. The van der Waals surface area contributed by atoms with Crippen LogP contribution in [-0.2, 0) is 28.7 Å². The number of amides is 4. The van der Waals surface area contributed by atoms with Crippen molar-refractivity contribution in [1.29, 1.82) is 0 Å². The fourth-order valence-electron chi connectivity index (χ4n) is 7.72. The minimum atomic E-state index is 0.108. The summed E-state index contributed by atoms with van der Waals surface area (Å²) in [5.41, 5.74) is 0.987. The number of carbonyl (C=O) groups is 5. The van der Waals surface area contributed by atoms with Crippen LogP contribution in [0.4, 0.5) is 0 Å². The van der Waals surface area contributed by atoms with Crippen molar-refractivity contribution in [3.8, 4) is 11.8 Å². The van der Waals surface area contributed by atoms with Crippen molar-refractivity contribution in [2.24, 2.45) is 53.3 Å². The van der Waals surface area contributed by atoms with Gasteiger partial charge in [-0.15, -0.1) is 0 Å². The maximum absolute atomic E-state index is 11.6. The van der Waals surface area contributed by atoms with E-state index in [-0.39, 0.29) is 53.1 Å². The first-order valence-electron chi connectivity index (χ1n) is 31.1. The Labute approximate surface area is 510 Å². The monoisotopic (exact) mass is 1170 g/mol. The number of pyridine rings is 1. The van der Waals surface area contributed by atoms with E-state index in [9.17, 15) is 24.0 Å². The van der Waals surface area contributed by atoms with Crippen LogP contribution < -0.4 is 0 Å². The zero-order valence-electron chi connectivity index (χ0n) is 58.3. The summed E-state index contributed by atoms with van der Waals surface area (Å²) in [6.45, 7) is 49.8. The molecule has 0 bridgehead atoms. The summed E-state index contributed by atoms with van der Waals surface area (Å²) in [7, 11) is 18.2. The van der Waals surface area contributed by atoms with Gasteiger partial charge in [0.1, 0.15) is 5.78 Å². The van der Waals surface area contributed by atoms with E-state index >= 15 is 0 Å². The lowest BCUT2D eigenvalue weighted by Gasteiger charge is -2.43. The molecule has 0 N–H and O–H groups in total. The zero-order chi connectivity index (χ0) is 64.7. The zero-order valence-corrected chi connectivity index (χ0v) is 58.3. The molecule has 0 aliphatic carbocycles. The molecule has 0 spiro atoms. The second kappa shape index (κ2) is 47.0. The summed E-state index contributed by atoms with van der Waals surface area (Å²) in [6.07, 6.45) is 9.16. The highest BCUT2D eigenvalue weighted by Gasteiger charge is 2.33. The molecule has 5 rings (SSSR count). The van der Waals surface area contributed by atoms with Gasteiger partial charge in [0.15, 0.2) is 0 Å². The van der Waals surface area contributed by atoms with Crippen LogP contribution >= 0.6 is 0 Å².